The Kier molecular flexibility index (Phi) is 10.8. The van der Waals surface area contributed by atoms with Crippen molar-refractivity contribution in [3.05, 3.63) is 47.0 Å². The summed E-state index contributed by atoms with van der Waals surface area (Å²) in [5.74, 6) is 2.59. The van der Waals surface area contributed by atoms with Gasteiger partial charge in [0.2, 0.25) is 0 Å². The molecule has 2 aromatic carbocycles. The van der Waals surface area contributed by atoms with Gasteiger partial charge in [0, 0.05) is 16.5 Å². The Morgan fingerprint density at radius 1 is 0.769 bits per heavy atom. The monoisotopic (exact) mass is 553 g/mol. The molecule has 1 aromatic heterocycles. The minimum absolute atomic E-state index is 0.368. The lowest BCUT2D eigenvalue weighted by Crippen LogP contribution is -2.11. The maximum Gasteiger partial charge on any atom is 0.150 e. The van der Waals surface area contributed by atoms with Gasteiger partial charge in [0.25, 0.3) is 0 Å². The van der Waals surface area contributed by atoms with Gasteiger partial charge in [-0.3, -0.25) is 0 Å². The quantitative estimate of drug-likeness (QED) is 0.171. The summed E-state index contributed by atoms with van der Waals surface area (Å²) in [5, 5.41) is 1.27. The molecule has 0 spiro atoms. The normalized spacial score (nSPS) is 12.9. The van der Waals surface area contributed by atoms with Crippen molar-refractivity contribution >= 4 is 20.7 Å². The lowest BCUT2D eigenvalue weighted by molar-refractivity contribution is 0.413. The average Bonchev–Trinajstić information content (AvgIpc) is 3.31. The Hall–Kier alpha value is -2.47. The van der Waals surface area contributed by atoms with Gasteiger partial charge in [0.15, 0.2) is 0 Å². The van der Waals surface area contributed by atoms with Crippen LogP contribution in [0.2, 0.25) is 0 Å². The molecule has 0 atom stereocenters. The van der Waals surface area contributed by atoms with E-state index in [1.165, 1.54) is 71.0 Å². The second kappa shape index (κ2) is 14.2. The van der Waals surface area contributed by atoms with E-state index in [-0.39, 0.29) is 0 Å². The number of H-pyrrole nitrogens is 1. The van der Waals surface area contributed by atoms with E-state index in [0.29, 0.717) is 11.5 Å². The highest BCUT2D eigenvalue weighted by Crippen LogP contribution is 2.42. The molecular formula is C33H47NO4S. The molecule has 0 radical (unpaired) electrons. The number of aromatic amines is 1. The topological polar surface area (TPSA) is 68.4 Å². The van der Waals surface area contributed by atoms with Crippen LogP contribution in [0.15, 0.2) is 30.3 Å². The van der Waals surface area contributed by atoms with Crippen LogP contribution in [0.3, 0.4) is 0 Å². The predicted molar refractivity (Wildman–Crippen MR) is 163 cm³/mol. The van der Waals surface area contributed by atoms with Gasteiger partial charge in [-0.1, -0.05) is 58.3 Å². The van der Waals surface area contributed by atoms with Gasteiger partial charge in [-0.05, 0) is 85.5 Å². The highest BCUT2D eigenvalue weighted by molar-refractivity contribution is 7.91. The first-order valence-corrected chi connectivity index (χ1v) is 16.9. The molecule has 0 saturated heterocycles. The first-order valence-electron chi connectivity index (χ1n) is 15.0. The molecule has 3 aromatic rings. The molecule has 6 heteroatoms. The molecular weight excluding hydrogens is 506 g/mol. The number of hydrogen-bond donors (Lipinski definition) is 1. The molecule has 214 valence electrons. The third-order valence-electron chi connectivity index (χ3n) is 8.23. The van der Waals surface area contributed by atoms with E-state index in [9.17, 15) is 8.42 Å². The van der Waals surface area contributed by atoms with Gasteiger partial charge in [-0.15, -0.1) is 0 Å². The fraction of sp³-hybridized carbons (Fsp3) is 0.576. The largest absolute Gasteiger partial charge is 0.497 e. The molecule has 0 aliphatic heterocycles. The Morgan fingerprint density at radius 3 is 2.13 bits per heavy atom. The Labute approximate surface area is 235 Å². The summed E-state index contributed by atoms with van der Waals surface area (Å²) in [6.45, 7) is 2.11. The zero-order valence-corrected chi connectivity index (χ0v) is 25.1. The smallest absolute Gasteiger partial charge is 0.150 e. The van der Waals surface area contributed by atoms with E-state index in [1.54, 1.807) is 14.2 Å². The van der Waals surface area contributed by atoms with E-state index in [2.05, 4.69) is 36.2 Å². The number of rotatable bonds is 17. The van der Waals surface area contributed by atoms with Gasteiger partial charge in [-0.2, -0.15) is 0 Å². The van der Waals surface area contributed by atoms with Crippen molar-refractivity contribution in [1.29, 1.82) is 0 Å². The molecule has 1 N–H and O–H groups in total. The lowest BCUT2D eigenvalue weighted by Gasteiger charge is -2.22. The summed E-state index contributed by atoms with van der Waals surface area (Å²) < 4.78 is 35.3. The van der Waals surface area contributed by atoms with Crippen LogP contribution in [0.25, 0.3) is 22.2 Å². The van der Waals surface area contributed by atoms with E-state index in [1.807, 2.05) is 6.07 Å². The van der Waals surface area contributed by atoms with Crippen molar-refractivity contribution in [3.8, 4) is 22.8 Å². The summed E-state index contributed by atoms with van der Waals surface area (Å²) in [6, 6.07) is 10.8. The first-order chi connectivity index (χ1) is 19.0. The van der Waals surface area contributed by atoms with Crippen molar-refractivity contribution in [2.24, 2.45) is 0 Å². The molecule has 5 nitrogen and oxygen atoms in total. The molecule has 4 rings (SSSR count). The minimum atomic E-state index is -2.84. The number of sulfone groups is 1. The van der Waals surface area contributed by atoms with Crippen LogP contribution in [-0.4, -0.2) is 39.1 Å². The van der Waals surface area contributed by atoms with Crippen LogP contribution in [-0.2, 0) is 29.1 Å². The number of methoxy groups -OCH3 is 2. The lowest BCUT2D eigenvalue weighted by atomic mass is 9.84. The standard InChI is InChI=1S/C33H47NO4S/c1-4-5-13-20-39(35,36)21-14-11-9-7-6-8-10-12-15-25-22-28(38-3)23-26-16-18-29-30-24-27(37-2)17-19-31(30)34-33(29)32(25)26/h17,19,22-24,34H,4-16,18,20-21H2,1-3H3. The second-order valence-electron chi connectivity index (χ2n) is 11.1. The summed E-state index contributed by atoms with van der Waals surface area (Å²) in [5.41, 5.74) is 7.97. The first kappa shape index (κ1) is 29.5. The number of fused-ring (bicyclic) bond motifs is 5. The zero-order chi connectivity index (χ0) is 27.7. The highest BCUT2D eigenvalue weighted by atomic mass is 32.2. The molecule has 1 aliphatic rings. The fourth-order valence-electron chi connectivity index (χ4n) is 6.03. The molecule has 0 saturated carbocycles. The number of unbranched alkanes of at least 4 members (excludes halogenated alkanes) is 9. The Bertz CT molecular complexity index is 1330. The van der Waals surface area contributed by atoms with Gasteiger partial charge in [-0.25, -0.2) is 8.42 Å². The Morgan fingerprint density at radius 2 is 1.44 bits per heavy atom. The summed E-state index contributed by atoms with van der Waals surface area (Å²) in [6.07, 6.45) is 15.0. The van der Waals surface area contributed by atoms with Crippen molar-refractivity contribution in [2.45, 2.75) is 96.8 Å². The molecule has 0 bridgehead atoms. The van der Waals surface area contributed by atoms with E-state index in [0.717, 1.165) is 69.3 Å². The zero-order valence-electron chi connectivity index (χ0n) is 24.2. The molecule has 0 unspecified atom stereocenters. The van der Waals surface area contributed by atoms with Crippen molar-refractivity contribution in [2.75, 3.05) is 25.7 Å². The minimum Gasteiger partial charge on any atom is -0.497 e. The molecule has 0 amide bonds. The van der Waals surface area contributed by atoms with Crippen LogP contribution < -0.4 is 9.47 Å². The fourth-order valence-corrected chi connectivity index (χ4v) is 7.52. The SMILES string of the molecule is CCCCCS(=O)(=O)CCCCCCCCCCc1cc(OC)cc2c1-c1[nH]c3ccc(OC)cc3c1CC2. The highest BCUT2D eigenvalue weighted by Gasteiger charge is 2.24. The van der Waals surface area contributed by atoms with Crippen LogP contribution in [0.1, 0.15) is 94.2 Å². The maximum atomic E-state index is 12.1. The number of benzene rings is 2. The number of aromatic nitrogens is 1. The van der Waals surface area contributed by atoms with Crippen LogP contribution in [0, 0.1) is 0 Å². The number of nitrogens with one attached hydrogen (secondary N) is 1. The third kappa shape index (κ3) is 7.81. The third-order valence-corrected chi connectivity index (χ3v) is 10.1. The summed E-state index contributed by atoms with van der Waals surface area (Å²) in [7, 11) is 0.643. The number of aryl methyl sites for hydroxylation is 3. The Balaban J connectivity index is 1.26. The predicted octanol–water partition coefficient (Wildman–Crippen LogP) is 8.22. The molecule has 0 fully saturated rings. The van der Waals surface area contributed by atoms with Gasteiger partial charge in [0.05, 0.1) is 31.4 Å². The van der Waals surface area contributed by atoms with Gasteiger partial charge < -0.3 is 14.5 Å². The van der Waals surface area contributed by atoms with E-state index < -0.39 is 9.84 Å². The second-order valence-corrected chi connectivity index (χ2v) is 13.5. The van der Waals surface area contributed by atoms with Crippen molar-refractivity contribution < 1.29 is 17.9 Å². The van der Waals surface area contributed by atoms with Gasteiger partial charge in [0.1, 0.15) is 21.3 Å². The van der Waals surface area contributed by atoms with Crippen LogP contribution in [0.4, 0.5) is 0 Å². The van der Waals surface area contributed by atoms with Crippen LogP contribution >= 0.6 is 0 Å². The van der Waals surface area contributed by atoms with Crippen LogP contribution in [0.5, 0.6) is 11.5 Å². The summed E-state index contributed by atoms with van der Waals surface area (Å²) >= 11 is 0. The van der Waals surface area contributed by atoms with Crippen molar-refractivity contribution in [1.82, 2.24) is 4.98 Å². The molecule has 1 aliphatic carbocycles. The molecule has 1 heterocycles. The number of ether oxygens (including phenoxy) is 2. The van der Waals surface area contributed by atoms with Gasteiger partial charge >= 0.3 is 0 Å². The maximum absolute atomic E-state index is 12.1. The van der Waals surface area contributed by atoms with E-state index >= 15 is 0 Å². The average molecular weight is 554 g/mol. The summed E-state index contributed by atoms with van der Waals surface area (Å²) in [4.78, 5) is 3.72. The van der Waals surface area contributed by atoms with Crippen molar-refractivity contribution in [3.63, 3.8) is 0 Å². The number of hydrogen-bond acceptors (Lipinski definition) is 4. The van der Waals surface area contributed by atoms with E-state index in [4.69, 9.17) is 9.47 Å². The molecule has 39 heavy (non-hydrogen) atoms.